The Kier molecular flexibility index (Phi) is 6.78. The molecule has 5 rings (SSSR count). The Morgan fingerprint density at radius 1 is 1.20 bits per heavy atom. The van der Waals surface area contributed by atoms with Crippen LogP contribution in [-0.4, -0.2) is 71.1 Å². The van der Waals surface area contributed by atoms with Gasteiger partial charge in [-0.2, -0.15) is 5.10 Å². The lowest BCUT2D eigenvalue weighted by Crippen LogP contribution is -2.44. The molecule has 0 unspecified atom stereocenters. The summed E-state index contributed by atoms with van der Waals surface area (Å²) >= 11 is 0. The third kappa shape index (κ3) is 5.20. The maximum absolute atomic E-state index is 11.3. The second kappa shape index (κ2) is 9.97. The van der Waals surface area contributed by atoms with Gasteiger partial charge in [0.1, 0.15) is 23.1 Å². The Bertz CT molecular complexity index is 1090. The number of aromatic amines is 1. The maximum atomic E-state index is 11.3. The van der Waals surface area contributed by atoms with Gasteiger partial charge in [-0.25, -0.2) is 4.98 Å². The molecule has 3 aliphatic rings. The molecule has 1 aliphatic carbocycles. The number of rotatable bonds is 4. The van der Waals surface area contributed by atoms with Crippen molar-refractivity contribution in [1.82, 2.24) is 15.2 Å². The molecule has 0 amide bonds. The van der Waals surface area contributed by atoms with Crippen molar-refractivity contribution in [3.05, 3.63) is 29.5 Å². The molecular weight excluding hydrogens is 444 g/mol. The zero-order valence-electron chi connectivity index (χ0n) is 20.3. The lowest BCUT2D eigenvalue weighted by molar-refractivity contribution is -0.0473. The van der Waals surface area contributed by atoms with E-state index in [9.17, 15) is 5.11 Å². The number of ether oxygens (including phenoxy) is 2. The molecular formula is C26H34N6O3. The smallest absolute Gasteiger partial charge is 0.144 e. The molecule has 0 radical (unpaired) electrons. The minimum absolute atomic E-state index is 0.168. The van der Waals surface area contributed by atoms with Crippen molar-refractivity contribution in [2.75, 3.05) is 43.2 Å². The Hall–Kier alpha value is -2.93. The predicted octanol–water partition coefficient (Wildman–Crippen LogP) is 3.22. The summed E-state index contributed by atoms with van der Waals surface area (Å²) in [6, 6.07) is 3.90. The molecule has 4 N–H and O–H groups in total. The topological polar surface area (TPSA) is 119 Å². The molecule has 186 valence electrons. The van der Waals surface area contributed by atoms with E-state index in [1.54, 1.807) is 6.20 Å². The quantitative estimate of drug-likeness (QED) is 0.393. The summed E-state index contributed by atoms with van der Waals surface area (Å²) in [6.07, 6.45) is 8.34. The van der Waals surface area contributed by atoms with Crippen molar-refractivity contribution in [2.24, 2.45) is 5.41 Å². The zero-order valence-corrected chi connectivity index (χ0v) is 20.3. The van der Waals surface area contributed by atoms with Gasteiger partial charge in [0.25, 0.3) is 0 Å². The van der Waals surface area contributed by atoms with Crippen LogP contribution in [-0.2, 0) is 9.47 Å². The fourth-order valence-corrected chi connectivity index (χ4v) is 5.36. The van der Waals surface area contributed by atoms with E-state index in [4.69, 9.17) is 19.9 Å². The van der Waals surface area contributed by atoms with Gasteiger partial charge >= 0.3 is 0 Å². The lowest BCUT2D eigenvalue weighted by Gasteiger charge is -2.44. The normalized spacial score (nSPS) is 23.4. The van der Waals surface area contributed by atoms with E-state index in [0.29, 0.717) is 54.2 Å². The van der Waals surface area contributed by atoms with Crippen LogP contribution >= 0.6 is 0 Å². The number of anilines is 3. The van der Waals surface area contributed by atoms with Crippen LogP contribution in [0.3, 0.4) is 0 Å². The van der Waals surface area contributed by atoms with Crippen molar-refractivity contribution in [1.29, 1.82) is 5.41 Å². The first kappa shape index (κ1) is 23.8. The molecule has 2 aliphatic heterocycles. The number of pyridine rings is 1. The molecule has 4 heterocycles. The number of aliphatic hydroxyl groups is 1. The first-order valence-electron chi connectivity index (χ1n) is 12.5. The van der Waals surface area contributed by atoms with Crippen molar-refractivity contribution in [3.63, 3.8) is 0 Å². The zero-order chi connectivity index (χ0) is 24.3. The second-order valence-electron chi connectivity index (χ2n) is 10.0. The van der Waals surface area contributed by atoms with Crippen molar-refractivity contribution in [3.8, 4) is 11.8 Å². The first-order valence-corrected chi connectivity index (χ1v) is 12.5. The summed E-state index contributed by atoms with van der Waals surface area (Å²) in [4.78, 5) is 7.04. The van der Waals surface area contributed by atoms with Gasteiger partial charge < -0.3 is 30.2 Å². The van der Waals surface area contributed by atoms with Gasteiger partial charge in [0.2, 0.25) is 0 Å². The highest BCUT2D eigenvalue weighted by Crippen LogP contribution is 2.47. The van der Waals surface area contributed by atoms with Crippen LogP contribution in [0.2, 0.25) is 0 Å². The second-order valence-corrected chi connectivity index (χ2v) is 10.0. The van der Waals surface area contributed by atoms with Crippen LogP contribution in [0.15, 0.2) is 18.3 Å². The van der Waals surface area contributed by atoms with Gasteiger partial charge in [0, 0.05) is 37.6 Å². The number of hydrogen-bond donors (Lipinski definition) is 4. The lowest BCUT2D eigenvalue weighted by atomic mass is 9.65. The number of morpholine rings is 1. The summed E-state index contributed by atoms with van der Waals surface area (Å²) in [5, 5.41) is 29.5. The Balaban J connectivity index is 1.46. The monoisotopic (exact) mass is 478 g/mol. The molecule has 2 aromatic rings. The number of H-pyrrole nitrogens is 1. The average molecular weight is 479 g/mol. The van der Waals surface area contributed by atoms with Gasteiger partial charge in [-0.1, -0.05) is 11.8 Å². The number of hydrogen-bond acceptors (Lipinski definition) is 8. The van der Waals surface area contributed by atoms with Crippen molar-refractivity contribution >= 4 is 23.7 Å². The highest BCUT2D eigenvalue weighted by molar-refractivity contribution is 5.90. The van der Waals surface area contributed by atoms with E-state index >= 15 is 0 Å². The molecule has 1 spiro atoms. The van der Waals surface area contributed by atoms with Crippen LogP contribution in [0.1, 0.15) is 56.6 Å². The molecule has 0 aromatic carbocycles. The van der Waals surface area contributed by atoms with Crippen LogP contribution in [0.4, 0.5) is 17.5 Å². The SMILES string of the molecule is C[C@@H]1COCCN1c1cc(C#CC2(O)CCC3(CCOCC3)CC2)c(C=N)c(Nc2ccn[nH]2)n1. The summed E-state index contributed by atoms with van der Waals surface area (Å²) in [7, 11) is 0. The van der Waals surface area contributed by atoms with E-state index < -0.39 is 5.60 Å². The maximum Gasteiger partial charge on any atom is 0.144 e. The molecule has 35 heavy (non-hydrogen) atoms. The third-order valence-corrected chi connectivity index (χ3v) is 7.73. The average Bonchev–Trinajstić information content (AvgIpc) is 3.39. The van der Waals surface area contributed by atoms with Crippen LogP contribution < -0.4 is 10.2 Å². The minimum Gasteiger partial charge on any atom is -0.381 e. The summed E-state index contributed by atoms with van der Waals surface area (Å²) in [5.74, 6) is 8.41. The molecule has 2 saturated heterocycles. The highest BCUT2D eigenvalue weighted by Gasteiger charge is 2.41. The molecule has 1 atom stereocenters. The summed E-state index contributed by atoms with van der Waals surface area (Å²) in [5.41, 5.74) is 0.529. The predicted molar refractivity (Wildman–Crippen MR) is 134 cm³/mol. The standard InChI is InChI=1S/C26H34N6O3/c1-19-18-35-15-12-32(19)23-16-20(21(17-27)24(30-23)29-22-3-11-28-31-22)2-4-26(33)7-5-25(6-8-26)9-13-34-14-10-25/h3,11,16-17,19,27,33H,5-10,12-15,18H2,1H3,(H2,28,29,30,31)/t19-/m1/s1. The number of nitrogens with one attached hydrogen (secondary N) is 3. The number of aromatic nitrogens is 3. The summed E-state index contributed by atoms with van der Waals surface area (Å²) < 4.78 is 11.2. The van der Waals surface area contributed by atoms with E-state index in [-0.39, 0.29) is 6.04 Å². The van der Waals surface area contributed by atoms with E-state index in [1.165, 1.54) is 6.21 Å². The van der Waals surface area contributed by atoms with E-state index in [1.807, 2.05) is 12.1 Å². The van der Waals surface area contributed by atoms with E-state index in [2.05, 4.69) is 39.2 Å². The van der Waals surface area contributed by atoms with Crippen molar-refractivity contribution < 1.29 is 14.6 Å². The van der Waals surface area contributed by atoms with Gasteiger partial charge in [-0.05, 0) is 56.9 Å². The summed E-state index contributed by atoms with van der Waals surface area (Å²) in [6.45, 7) is 5.73. The van der Waals surface area contributed by atoms with Crippen LogP contribution in [0, 0.1) is 22.7 Å². The first-order chi connectivity index (χ1) is 17.0. The molecule has 3 fully saturated rings. The third-order valence-electron chi connectivity index (χ3n) is 7.73. The van der Waals surface area contributed by atoms with Gasteiger partial charge in [0.15, 0.2) is 0 Å². The Morgan fingerprint density at radius 2 is 2.00 bits per heavy atom. The van der Waals surface area contributed by atoms with Crippen LogP contribution in [0.25, 0.3) is 0 Å². The highest BCUT2D eigenvalue weighted by atomic mass is 16.5. The molecule has 0 bridgehead atoms. The van der Waals surface area contributed by atoms with Crippen molar-refractivity contribution in [2.45, 2.75) is 57.1 Å². The Morgan fingerprint density at radius 3 is 2.69 bits per heavy atom. The molecule has 9 heteroatoms. The minimum atomic E-state index is -1.02. The van der Waals surface area contributed by atoms with Crippen LogP contribution in [0.5, 0.6) is 0 Å². The fourth-order valence-electron chi connectivity index (χ4n) is 5.36. The fraction of sp³-hybridized carbons (Fsp3) is 0.577. The molecule has 1 saturated carbocycles. The number of nitrogens with zero attached hydrogens (tertiary/aromatic N) is 3. The molecule has 2 aromatic heterocycles. The van der Waals surface area contributed by atoms with Gasteiger partial charge in [-0.15, -0.1) is 0 Å². The molecule has 9 nitrogen and oxygen atoms in total. The largest absolute Gasteiger partial charge is 0.381 e. The van der Waals surface area contributed by atoms with Gasteiger partial charge in [0.05, 0.1) is 31.0 Å². The van der Waals surface area contributed by atoms with E-state index in [0.717, 1.165) is 51.3 Å². The van der Waals surface area contributed by atoms with Gasteiger partial charge in [-0.3, -0.25) is 5.10 Å². The Labute approximate surface area is 206 Å².